The molecule has 0 aromatic heterocycles. The molecule has 2 unspecified atom stereocenters. The molecule has 0 heterocycles. The second-order valence-electron chi connectivity index (χ2n) is 9.32. The summed E-state index contributed by atoms with van der Waals surface area (Å²) < 4.78 is 30.2. The Balaban J connectivity index is 1.57. The molecule has 4 bridgehead atoms. The molecule has 0 aromatic carbocycles. The highest BCUT2D eigenvalue weighted by Crippen LogP contribution is 2.64. The van der Waals surface area contributed by atoms with E-state index in [1.165, 1.54) is 19.3 Å². The number of hydrogen-bond donors (Lipinski definition) is 1. The van der Waals surface area contributed by atoms with Crippen molar-refractivity contribution in [3.63, 3.8) is 0 Å². The molecule has 2 atom stereocenters. The summed E-state index contributed by atoms with van der Waals surface area (Å²) in [5.41, 5.74) is 0.331. The Labute approximate surface area is 162 Å². The monoisotopic (exact) mass is 397 g/mol. The van der Waals surface area contributed by atoms with E-state index >= 15 is 0 Å². The smallest absolute Gasteiger partial charge is 0.333 e. The Kier molecular flexibility index (Phi) is 5.45. The van der Waals surface area contributed by atoms with Gasteiger partial charge in [-0.3, -0.25) is 9.52 Å². The largest absolute Gasteiger partial charge is 0.456 e. The molecule has 4 fully saturated rings. The lowest BCUT2D eigenvalue weighted by atomic mass is 9.47. The van der Waals surface area contributed by atoms with E-state index in [-0.39, 0.29) is 23.4 Å². The lowest BCUT2D eigenvalue weighted by Gasteiger charge is -2.61. The molecule has 4 aliphatic carbocycles. The van der Waals surface area contributed by atoms with Gasteiger partial charge in [0.05, 0.1) is 6.26 Å². The predicted molar refractivity (Wildman–Crippen MR) is 102 cm³/mol. The maximum atomic E-state index is 12.2. The van der Waals surface area contributed by atoms with Crippen molar-refractivity contribution in [1.29, 1.82) is 0 Å². The minimum absolute atomic E-state index is 0.201. The Bertz CT molecular complexity index is 727. The first-order valence-corrected chi connectivity index (χ1v) is 11.8. The molecule has 27 heavy (non-hydrogen) atoms. The Morgan fingerprint density at radius 2 is 1.78 bits per heavy atom. The number of hydrogen-bond acceptors (Lipinski definition) is 5. The number of esters is 1. The zero-order valence-electron chi connectivity index (χ0n) is 16.4. The Morgan fingerprint density at radius 1 is 1.15 bits per heavy atom. The number of amides is 1. The summed E-state index contributed by atoms with van der Waals surface area (Å²) in [6.07, 6.45) is 10.3. The third-order valence-electron chi connectivity index (χ3n) is 6.45. The number of sulfonamides is 1. The number of carbonyl (C=O) groups excluding carboxylic acids is 2. The van der Waals surface area contributed by atoms with Crippen LogP contribution in [-0.4, -0.2) is 32.2 Å². The molecule has 1 amide bonds. The van der Waals surface area contributed by atoms with Gasteiger partial charge >= 0.3 is 5.97 Å². The van der Waals surface area contributed by atoms with E-state index in [9.17, 15) is 18.0 Å². The lowest BCUT2D eigenvalue weighted by molar-refractivity contribution is -0.199. The van der Waals surface area contributed by atoms with E-state index in [0.29, 0.717) is 23.8 Å². The van der Waals surface area contributed by atoms with Crippen molar-refractivity contribution in [3.05, 3.63) is 12.2 Å². The number of carbonyl (C=O) groups is 2. The average molecular weight is 398 g/mol. The van der Waals surface area contributed by atoms with Gasteiger partial charge in [0.25, 0.3) is 0 Å². The van der Waals surface area contributed by atoms with Crippen molar-refractivity contribution in [2.24, 2.45) is 17.3 Å². The zero-order chi connectivity index (χ0) is 19.9. The first-order chi connectivity index (χ1) is 12.5. The van der Waals surface area contributed by atoms with Crippen molar-refractivity contribution in [2.45, 2.75) is 76.7 Å². The number of rotatable bonds is 8. The van der Waals surface area contributed by atoms with Gasteiger partial charge in [-0.05, 0) is 75.5 Å². The fourth-order valence-corrected chi connectivity index (χ4v) is 6.62. The summed E-state index contributed by atoms with van der Waals surface area (Å²) in [5.74, 6) is 0.537. The molecule has 0 aromatic rings. The van der Waals surface area contributed by atoms with Gasteiger partial charge in [-0.25, -0.2) is 13.2 Å². The standard InChI is InChI=1S/C20H31NO5S/c1-14(2)18(23)26-20-11-15-8-16(12-20)10-19(9-15,13-20)7-5-4-6-17(22)21-27(3,24)25/h15-16H,1,4-13H2,2-3H3,(H,21,22). The average Bonchev–Trinajstić information content (AvgIpc) is 2.48. The number of nitrogens with one attached hydrogen (secondary N) is 1. The third-order valence-corrected chi connectivity index (χ3v) is 7.04. The zero-order valence-corrected chi connectivity index (χ0v) is 17.2. The molecule has 0 spiro atoms. The fourth-order valence-electron chi connectivity index (χ4n) is 6.10. The highest BCUT2D eigenvalue weighted by Gasteiger charge is 2.59. The summed E-state index contributed by atoms with van der Waals surface area (Å²) in [5, 5.41) is 0. The van der Waals surface area contributed by atoms with Crippen LogP contribution in [0.3, 0.4) is 0 Å². The van der Waals surface area contributed by atoms with Gasteiger partial charge < -0.3 is 4.74 Å². The SMILES string of the molecule is C=C(C)C(=O)OC12CC3CC(CC(CCCCC(=O)NS(C)(=O)=O)(C3)C1)C2. The third kappa shape index (κ3) is 4.92. The van der Waals surface area contributed by atoms with E-state index in [1.54, 1.807) is 6.92 Å². The first kappa shape index (κ1) is 20.4. The fraction of sp³-hybridized carbons (Fsp3) is 0.800. The summed E-state index contributed by atoms with van der Waals surface area (Å²) in [4.78, 5) is 23.8. The molecule has 4 rings (SSSR count). The normalized spacial score (nSPS) is 34.3. The maximum Gasteiger partial charge on any atom is 0.333 e. The van der Waals surface area contributed by atoms with E-state index in [0.717, 1.165) is 38.4 Å². The van der Waals surface area contributed by atoms with Crippen LogP contribution in [0.15, 0.2) is 12.2 Å². The van der Waals surface area contributed by atoms with Crippen LogP contribution in [0.2, 0.25) is 0 Å². The Hall–Kier alpha value is -1.37. The van der Waals surface area contributed by atoms with Crippen LogP contribution >= 0.6 is 0 Å². The van der Waals surface area contributed by atoms with Crippen LogP contribution in [0, 0.1) is 17.3 Å². The Morgan fingerprint density at radius 3 is 2.33 bits per heavy atom. The first-order valence-electron chi connectivity index (χ1n) is 9.89. The van der Waals surface area contributed by atoms with E-state index in [1.807, 2.05) is 4.72 Å². The van der Waals surface area contributed by atoms with Gasteiger partial charge in [-0.15, -0.1) is 0 Å². The lowest BCUT2D eigenvalue weighted by Crippen LogP contribution is -2.57. The maximum absolute atomic E-state index is 12.2. The van der Waals surface area contributed by atoms with Gasteiger partial charge in [-0.1, -0.05) is 13.0 Å². The topological polar surface area (TPSA) is 89.5 Å². The molecule has 7 heteroatoms. The highest BCUT2D eigenvalue weighted by molar-refractivity contribution is 7.89. The quantitative estimate of drug-likeness (QED) is 0.386. The summed E-state index contributed by atoms with van der Waals surface area (Å²) in [7, 11) is -3.48. The van der Waals surface area contributed by atoms with Gasteiger partial charge in [-0.2, -0.15) is 0 Å². The van der Waals surface area contributed by atoms with Crippen molar-refractivity contribution >= 4 is 21.9 Å². The molecular weight excluding hydrogens is 366 g/mol. The van der Waals surface area contributed by atoms with Crippen LogP contribution in [-0.2, 0) is 24.3 Å². The van der Waals surface area contributed by atoms with Gasteiger partial charge in [0, 0.05) is 12.0 Å². The van der Waals surface area contributed by atoms with E-state index in [4.69, 9.17) is 4.74 Å². The molecule has 152 valence electrons. The van der Waals surface area contributed by atoms with Crippen LogP contribution in [0.5, 0.6) is 0 Å². The van der Waals surface area contributed by atoms with Crippen molar-refractivity contribution in [1.82, 2.24) is 4.72 Å². The minimum Gasteiger partial charge on any atom is -0.456 e. The second kappa shape index (κ2) is 7.22. The van der Waals surface area contributed by atoms with Crippen LogP contribution in [0.4, 0.5) is 0 Å². The summed E-state index contributed by atoms with van der Waals surface area (Å²) in [6.45, 7) is 5.41. The molecule has 1 N–H and O–H groups in total. The minimum atomic E-state index is -3.48. The van der Waals surface area contributed by atoms with Gasteiger partial charge in [0.15, 0.2) is 0 Å². The highest BCUT2D eigenvalue weighted by atomic mass is 32.2. The molecule has 0 radical (unpaired) electrons. The molecule has 4 saturated carbocycles. The van der Waals surface area contributed by atoms with Crippen LogP contribution in [0.1, 0.15) is 71.1 Å². The molecule has 0 aliphatic heterocycles. The summed E-state index contributed by atoms with van der Waals surface area (Å²) in [6, 6.07) is 0. The molecule has 4 aliphatic rings. The molecular formula is C20H31NO5S. The summed E-state index contributed by atoms with van der Waals surface area (Å²) >= 11 is 0. The number of ether oxygens (including phenoxy) is 1. The van der Waals surface area contributed by atoms with Gasteiger partial charge in [0.1, 0.15) is 5.60 Å². The molecule has 0 saturated heterocycles. The van der Waals surface area contributed by atoms with Crippen molar-refractivity contribution in [3.8, 4) is 0 Å². The molecule has 6 nitrogen and oxygen atoms in total. The second-order valence-corrected chi connectivity index (χ2v) is 11.1. The predicted octanol–water partition coefficient (Wildman–Crippen LogP) is 3.08. The van der Waals surface area contributed by atoms with Crippen molar-refractivity contribution in [2.75, 3.05) is 6.26 Å². The van der Waals surface area contributed by atoms with E-state index in [2.05, 4.69) is 6.58 Å². The van der Waals surface area contributed by atoms with Crippen LogP contribution < -0.4 is 4.72 Å². The van der Waals surface area contributed by atoms with Crippen molar-refractivity contribution < 1.29 is 22.7 Å². The van der Waals surface area contributed by atoms with E-state index < -0.39 is 15.9 Å². The number of unbranched alkanes of at least 4 members (excludes halogenated alkanes) is 1. The van der Waals surface area contributed by atoms with Crippen LogP contribution in [0.25, 0.3) is 0 Å². The van der Waals surface area contributed by atoms with Gasteiger partial charge in [0.2, 0.25) is 15.9 Å².